The number of hydrogen-bond acceptors (Lipinski definition) is 4. The van der Waals surface area contributed by atoms with Crippen LogP contribution in [-0.4, -0.2) is 55.0 Å². The Morgan fingerprint density at radius 1 is 1.33 bits per heavy atom. The molecule has 0 aromatic heterocycles. The molecule has 0 radical (unpaired) electrons. The fraction of sp³-hybridized carbons (Fsp3) is 0.923. The highest BCUT2D eigenvalue weighted by Gasteiger charge is 2.37. The summed E-state index contributed by atoms with van der Waals surface area (Å²) in [5, 5.41) is 3.42. The quantitative estimate of drug-likeness (QED) is 0.835. The molecular formula is C13H26N2O3. The molecule has 1 rings (SSSR count). The summed E-state index contributed by atoms with van der Waals surface area (Å²) in [4.78, 5) is 13.7. The van der Waals surface area contributed by atoms with E-state index < -0.39 is 5.60 Å². The van der Waals surface area contributed by atoms with Crippen LogP contribution in [0.2, 0.25) is 0 Å². The highest BCUT2D eigenvalue weighted by Crippen LogP contribution is 2.17. The molecule has 0 saturated carbocycles. The molecule has 5 heteroatoms. The predicted octanol–water partition coefficient (Wildman–Crippen LogP) is 1.62. The molecule has 18 heavy (non-hydrogen) atoms. The first-order valence-corrected chi connectivity index (χ1v) is 6.49. The second-order valence-corrected chi connectivity index (χ2v) is 6.09. The Labute approximate surface area is 110 Å². The first-order valence-electron chi connectivity index (χ1n) is 6.49. The van der Waals surface area contributed by atoms with Crippen molar-refractivity contribution in [1.82, 2.24) is 10.2 Å². The van der Waals surface area contributed by atoms with Gasteiger partial charge in [-0.05, 0) is 20.8 Å². The maximum atomic E-state index is 12.0. The van der Waals surface area contributed by atoms with Crippen LogP contribution in [0, 0.1) is 0 Å². The van der Waals surface area contributed by atoms with E-state index in [2.05, 4.69) is 19.2 Å². The zero-order chi connectivity index (χ0) is 13.9. The second kappa shape index (κ2) is 5.89. The summed E-state index contributed by atoms with van der Waals surface area (Å²) < 4.78 is 10.8. The summed E-state index contributed by atoms with van der Waals surface area (Å²) in [7, 11) is 1.68. The van der Waals surface area contributed by atoms with Gasteiger partial charge in [0.1, 0.15) is 5.60 Å². The first kappa shape index (κ1) is 15.2. The molecule has 2 atom stereocenters. The van der Waals surface area contributed by atoms with Gasteiger partial charge in [0.25, 0.3) is 0 Å². The minimum absolute atomic E-state index is 0.0277. The fourth-order valence-electron chi connectivity index (χ4n) is 2.08. The number of ether oxygens (including phenoxy) is 2. The second-order valence-electron chi connectivity index (χ2n) is 6.09. The van der Waals surface area contributed by atoms with Gasteiger partial charge in [-0.15, -0.1) is 0 Å². The summed E-state index contributed by atoms with van der Waals surface area (Å²) in [6.07, 6.45) is -0.238. The number of likely N-dealkylation sites (tertiary alicyclic amines) is 1. The van der Waals surface area contributed by atoms with Crippen LogP contribution in [0.5, 0.6) is 0 Å². The lowest BCUT2D eigenvalue weighted by molar-refractivity contribution is 0.0252. The van der Waals surface area contributed by atoms with Crippen molar-refractivity contribution in [2.45, 2.75) is 58.4 Å². The number of carbonyl (C=O) groups is 1. The third kappa shape index (κ3) is 4.46. The molecule has 1 aliphatic heterocycles. The highest BCUT2D eigenvalue weighted by molar-refractivity contribution is 5.68. The number of methoxy groups -OCH3 is 1. The Hall–Kier alpha value is -0.810. The molecule has 1 saturated heterocycles. The van der Waals surface area contributed by atoms with Crippen molar-refractivity contribution in [2.75, 3.05) is 20.2 Å². The van der Waals surface area contributed by atoms with E-state index in [0.29, 0.717) is 19.1 Å². The lowest BCUT2D eigenvalue weighted by Gasteiger charge is -2.24. The van der Waals surface area contributed by atoms with E-state index >= 15 is 0 Å². The Bertz CT molecular complexity index is 286. The molecule has 0 bridgehead atoms. The summed E-state index contributed by atoms with van der Waals surface area (Å²) in [5.41, 5.74) is -0.455. The minimum Gasteiger partial charge on any atom is -0.444 e. The number of carbonyl (C=O) groups excluding carboxylic acids is 1. The molecule has 0 aliphatic carbocycles. The molecule has 0 unspecified atom stereocenters. The number of nitrogens with one attached hydrogen (secondary N) is 1. The van der Waals surface area contributed by atoms with Crippen LogP contribution in [0.25, 0.3) is 0 Å². The summed E-state index contributed by atoms with van der Waals surface area (Å²) in [5.74, 6) is 0. The average Bonchev–Trinajstić information content (AvgIpc) is 2.57. The Balaban J connectivity index is 2.58. The van der Waals surface area contributed by atoms with Crippen molar-refractivity contribution in [2.24, 2.45) is 0 Å². The Kier molecular flexibility index (Phi) is 4.99. The van der Waals surface area contributed by atoms with Gasteiger partial charge in [0.05, 0.1) is 18.7 Å². The van der Waals surface area contributed by atoms with Gasteiger partial charge in [-0.3, -0.25) is 0 Å². The van der Waals surface area contributed by atoms with Crippen LogP contribution in [0.15, 0.2) is 0 Å². The highest BCUT2D eigenvalue weighted by atomic mass is 16.6. The van der Waals surface area contributed by atoms with E-state index in [1.165, 1.54) is 0 Å². The van der Waals surface area contributed by atoms with Gasteiger partial charge in [-0.2, -0.15) is 0 Å². The third-order valence-corrected chi connectivity index (χ3v) is 2.77. The van der Waals surface area contributed by atoms with Crippen LogP contribution in [0.4, 0.5) is 4.79 Å². The van der Waals surface area contributed by atoms with Crippen molar-refractivity contribution < 1.29 is 14.3 Å². The van der Waals surface area contributed by atoms with Gasteiger partial charge >= 0.3 is 6.09 Å². The molecule has 1 fully saturated rings. The SMILES string of the molecule is CO[C@H]1CN(C(=O)OC(C)(C)C)C[C@@H]1NC(C)C. The van der Waals surface area contributed by atoms with Crippen LogP contribution >= 0.6 is 0 Å². The van der Waals surface area contributed by atoms with Gasteiger partial charge in [0.2, 0.25) is 0 Å². The molecule has 1 N–H and O–H groups in total. The zero-order valence-corrected chi connectivity index (χ0v) is 12.3. The van der Waals surface area contributed by atoms with Gasteiger partial charge in [0.15, 0.2) is 0 Å². The van der Waals surface area contributed by atoms with Crippen LogP contribution < -0.4 is 5.32 Å². The summed E-state index contributed by atoms with van der Waals surface area (Å²) in [6, 6.07) is 0.536. The number of nitrogens with zero attached hydrogens (tertiary/aromatic N) is 1. The van der Waals surface area contributed by atoms with Gasteiger partial charge in [0, 0.05) is 19.7 Å². The van der Waals surface area contributed by atoms with Crippen LogP contribution in [0.3, 0.4) is 0 Å². The molecule has 1 amide bonds. The summed E-state index contributed by atoms with van der Waals surface area (Å²) >= 11 is 0. The van der Waals surface area contributed by atoms with Gasteiger partial charge < -0.3 is 19.7 Å². The zero-order valence-electron chi connectivity index (χ0n) is 12.3. The van der Waals surface area contributed by atoms with Gasteiger partial charge in [-0.1, -0.05) is 13.8 Å². The van der Waals surface area contributed by atoms with Crippen molar-refractivity contribution in [1.29, 1.82) is 0 Å². The fourth-order valence-corrected chi connectivity index (χ4v) is 2.08. The molecular weight excluding hydrogens is 232 g/mol. The van der Waals surface area contributed by atoms with E-state index in [4.69, 9.17) is 9.47 Å². The molecule has 0 spiro atoms. The van der Waals surface area contributed by atoms with E-state index in [1.807, 2.05) is 20.8 Å². The third-order valence-electron chi connectivity index (χ3n) is 2.77. The monoisotopic (exact) mass is 258 g/mol. The van der Waals surface area contributed by atoms with Crippen LogP contribution in [0.1, 0.15) is 34.6 Å². The van der Waals surface area contributed by atoms with E-state index in [9.17, 15) is 4.79 Å². The number of rotatable bonds is 3. The predicted molar refractivity (Wildman–Crippen MR) is 70.7 cm³/mol. The lowest BCUT2D eigenvalue weighted by Crippen LogP contribution is -2.44. The molecule has 1 aliphatic rings. The lowest BCUT2D eigenvalue weighted by atomic mass is 10.2. The van der Waals surface area contributed by atoms with Crippen molar-refractivity contribution >= 4 is 6.09 Å². The Morgan fingerprint density at radius 3 is 2.39 bits per heavy atom. The standard InChI is InChI=1S/C13H26N2O3/c1-9(2)14-10-7-15(8-11(10)17-6)12(16)18-13(3,4)5/h9-11,14H,7-8H2,1-6H3/t10-,11-/m0/s1. The smallest absolute Gasteiger partial charge is 0.410 e. The molecule has 106 valence electrons. The van der Waals surface area contributed by atoms with E-state index in [0.717, 1.165) is 0 Å². The number of hydrogen-bond donors (Lipinski definition) is 1. The first-order chi connectivity index (χ1) is 8.23. The molecule has 0 aromatic carbocycles. The maximum absolute atomic E-state index is 12.0. The average molecular weight is 258 g/mol. The van der Waals surface area contributed by atoms with Gasteiger partial charge in [-0.25, -0.2) is 4.79 Å². The molecule has 0 aromatic rings. The van der Waals surface area contributed by atoms with E-state index in [1.54, 1.807) is 12.0 Å². The largest absolute Gasteiger partial charge is 0.444 e. The maximum Gasteiger partial charge on any atom is 0.410 e. The summed E-state index contributed by atoms with van der Waals surface area (Å²) in [6.45, 7) is 11.0. The van der Waals surface area contributed by atoms with Crippen molar-refractivity contribution in [3.05, 3.63) is 0 Å². The number of amides is 1. The molecule has 5 nitrogen and oxygen atoms in total. The van der Waals surface area contributed by atoms with Crippen molar-refractivity contribution in [3.8, 4) is 0 Å². The minimum atomic E-state index is -0.455. The Morgan fingerprint density at radius 2 is 1.94 bits per heavy atom. The molecule has 1 heterocycles. The normalized spacial score (nSPS) is 24.7. The van der Waals surface area contributed by atoms with Crippen LogP contribution in [-0.2, 0) is 9.47 Å². The van der Waals surface area contributed by atoms with Crippen molar-refractivity contribution in [3.63, 3.8) is 0 Å². The topological polar surface area (TPSA) is 50.8 Å². The van der Waals surface area contributed by atoms with E-state index in [-0.39, 0.29) is 18.2 Å².